The van der Waals surface area contributed by atoms with Crippen LogP contribution in [0, 0.1) is 0 Å². The van der Waals surface area contributed by atoms with Crippen molar-refractivity contribution in [2.45, 2.75) is 44.6 Å². The molecule has 0 bridgehead atoms. The second-order valence-corrected chi connectivity index (χ2v) is 5.80. The minimum Gasteiger partial charge on any atom is -0.384 e. The molecule has 0 saturated heterocycles. The van der Waals surface area contributed by atoms with Gasteiger partial charge in [0.05, 0.1) is 12.3 Å². The van der Waals surface area contributed by atoms with Gasteiger partial charge >= 0.3 is 0 Å². The summed E-state index contributed by atoms with van der Waals surface area (Å²) in [5, 5.41) is 0. The Morgan fingerprint density at radius 3 is 2.85 bits per heavy atom. The monoisotopic (exact) mass is 277 g/mol. The zero-order valence-corrected chi connectivity index (χ0v) is 12.2. The molecule has 0 radical (unpaired) electrons. The Hall–Kier alpha value is -1.20. The second-order valence-electron chi connectivity index (χ2n) is 5.80. The number of nitrogens with zero attached hydrogens (tertiary/aromatic N) is 2. The predicted octanol–water partition coefficient (Wildman–Crippen LogP) is 0.912. The number of hydrogen-bond acceptors (Lipinski definition) is 4. The lowest BCUT2D eigenvalue weighted by atomic mass is 9.91. The molecule has 0 unspecified atom stereocenters. The molecule has 5 heteroatoms. The van der Waals surface area contributed by atoms with Gasteiger partial charge in [-0.15, -0.1) is 0 Å². The van der Waals surface area contributed by atoms with Gasteiger partial charge < -0.3 is 9.72 Å². The van der Waals surface area contributed by atoms with Gasteiger partial charge in [-0.2, -0.15) is 0 Å². The number of aromatic amines is 1. The highest BCUT2D eigenvalue weighted by atomic mass is 16.5. The van der Waals surface area contributed by atoms with Crippen molar-refractivity contribution in [1.82, 2.24) is 14.9 Å². The molecule has 2 aliphatic rings. The number of methoxy groups -OCH3 is 1. The number of rotatable bonds is 4. The molecule has 1 N–H and O–H groups in total. The van der Waals surface area contributed by atoms with E-state index in [1.165, 1.54) is 19.3 Å². The van der Waals surface area contributed by atoms with Gasteiger partial charge in [0, 0.05) is 44.6 Å². The molecule has 1 saturated carbocycles. The maximum Gasteiger partial charge on any atom is 0.254 e. The summed E-state index contributed by atoms with van der Waals surface area (Å²) in [5.74, 6) is 0.757. The minimum absolute atomic E-state index is 0.0524. The van der Waals surface area contributed by atoms with Gasteiger partial charge in [0.2, 0.25) is 0 Å². The van der Waals surface area contributed by atoms with Crippen LogP contribution in [0.15, 0.2) is 4.79 Å². The summed E-state index contributed by atoms with van der Waals surface area (Å²) in [6.45, 7) is 2.63. The Morgan fingerprint density at radius 2 is 2.15 bits per heavy atom. The molecule has 0 spiro atoms. The van der Waals surface area contributed by atoms with Gasteiger partial charge in [0.25, 0.3) is 5.56 Å². The summed E-state index contributed by atoms with van der Waals surface area (Å²) in [6.07, 6.45) is 6.40. The van der Waals surface area contributed by atoms with Gasteiger partial charge in [0.15, 0.2) is 0 Å². The van der Waals surface area contributed by atoms with Crippen molar-refractivity contribution in [1.29, 1.82) is 0 Å². The molecule has 5 nitrogen and oxygen atoms in total. The third-order valence-corrected chi connectivity index (χ3v) is 4.57. The molecule has 20 heavy (non-hydrogen) atoms. The van der Waals surface area contributed by atoms with E-state index in [2.05, 4.69) is 14.9 Å². The van der Waals surface area contributed by atoms with E-state index in [0.717, 1.165) is 49.1 Å². The predicted molar refractivity (Wildman–Crippen MR) is 77.1 cm³/mol. The minimum atomic E-state index is 0.0524. The number of nitrogens with one attached hydrogen (secondary N) is 1. The van der Waals surface area contributed by atoms with Crippen LogP contribution in [0.3, 0.4) is 0 Å². The number of aromatic nitrogens is 2. The molecule has 2 heterocycles. The fraction of sp³-hybridized carbons (Fsp3) is 0.733. The highest BCUT2D eigenvalue weighted by Gasteiger charge is 2.27. The lowest BCUT2D eigenvalue weighted by Gasteiger charge is -2.36. The molecule has 0 atom stereocenters. The SMILES string of the molecule is COCCc1nc2c(c(=O)[nH]1)CCN(C1CCC1)CC2. The van der Waals surface area contributed by atoms with Gasteiger partial charge in [0.1, 0.15) is 5.82 Å². The highest BCUT2D eigenvalue weighted by Crippen LogP contribution is 2.26. The van der Waals surface area contributed by atoms with Crippen molar-refractivity contribution in [3.63, 3.8) is 0 Å². The van der Waals surface area contributed by atoms with Crippen LogP contribution in [-0.4, -0.2) is 47.7 Å². The Morgan fingerprint density at radius 1 is 1.35 bits per heavy atom. The summed E-state index contributed by atoms with van der Waals surface area (Å²) in [5.41, 5.74) is 1.95. The molecule has 0 aromatic carbocycles. The first-order chi connectivity index (χ1) is 9.78. The van der Waals surface area contributed by atoms with Crippen molar-refractivity contribution < 1.29 is 4.74 Å². The van der Waals surface area contributed by atoms with Gasteiger partial charge in [-0.3, -0.25) is 9.69 Å². The molecule has 0 amide bonds. The summed E-state index contributed by atoms with van der Waals surface area (Å²) < 4.78 is 5.05. The van der Waals surface area contributed by atoms with Gasteiger partial charge in [-0.05, 0) is 19.3 Å². The number of ether oxygens (including phenoxy) is 1. The average molecular weight is 277 g/mol. The third kappa shape index (κ3) is 2.79. The average Bonchev–Trinajstić information content (AvgIpc) is 2.58. The highest BCUT2D eigenvalue weighted by molar-refractivity contribution is 5.20. The fourth-order valence-electron chi connectivity index (χ4n) is 3.11. The first kappa shape index (κ1) is 13.8. The van der Waals surface area contributed by atoms with Crippen LogP contribution in [0.2, 0.25) is 0 Å². The largest absolute Gasteiger partial charge is 0.384 e. The summed E-state index contributed by atoms with van der Waals surface area (Å²) >= 11 is 0. The van der Waals surface area contributed by atoms with E-state index in [4.69, 9.17) is 4.74 Å². The summed E-state index contributed by atoms with van der Waals surface area (Å²) in [4.78, 5) is 22.3. The molecule has 1 aromatic rings. The Kier molecular flexibility index (Phi) is 4.17. The van der Waals surface area contributed by atoms with E-state index in [-0.39, 0.29) is 5.56 Å². The number of fused-ring (bicyclic) bond motifs is 1. The van der Waals surface area contributed by atoms with Crippen LogP contribution in [-0.2, 0) is 24.0 Å². The van der Waals surface area contributed by atoms with E-state index in [1.54, 1.807) is 7.11 Å². The second kappa shape index (κ2) is 6.06. The molecule has 1 aromatic heterocycles. The van der Waals surface area contributed by atoms with Crippen LogP contribution in [0.4, 0.5) is 0 Å². The normalized spacial score (nSPS) is 20.2. The first-order valence-electron chi connectivity index (χ1n) is 7.62. The molecular formula is C15H23N3O2. The zero-order valence-electron chi connectivity index (χ0n) is 12.2. The molecule has 1 aliphatic carbocycles. The quantitative estimate of drug-likeness (QED) is 0.889. The van der Waals surface area contributed by atoms with E-state index < -0.39 is 0 Å². The lowest BCUT2D eigenvalue weighted by Crippen LogP contribution is -2.41. The maximum absolute atomic E-state index is 12.2. The molecule has 1 aliphatic heterocycles. The standard InChI is InChI=1S/C15H23N3O2/c1-20-10-7-14-16-13-6-9-18(11-3-2-4-11)8-5-12(13)15(19)17-14/h11H,2-10H2,1H3,(H,16,17,19). The zero-order chi connectivity index (χ0) is 13.9. The van der Waals surface area contributed by atoms with E-state index in [9.17, 15) is 4.79 Å². The van der Waals surface area contributed by atoms with Crippen molar-refractivity contribution in [2.24, 2.45) is 0 Å². The number of H-pyrrole nitrogens is 1. The van der Waals surface area contributed by atoms with Crippen LogP contribution in [0.5, 0.6) is 0 Å². The van der Waals surface area contributed by atoms with Crippen molar-refractivity contribution in [3.8, 4) is 0 Å². The van der Waals surface area contributed by atoms with Gasteiger partial charge in [-0.25, -0.2) is 4.98 Å². The van der Waals surface area contributed by atoms with Crippen LogP contribution in [0.25, 0.3) is 0 Å². The number of hydrogen-bond donors (Lipinski definition) is 1. The fourth-order valence-corrected chi connectivity index (χ4v) is 3.11. The molecule has 3 rings (SSSR count). The van der Waals surface area contributed by atoms with Crippen LogP contribution < -0.4 is 5.56 Å². The molecular weight excluding hydrogens is 254 g/mol. The van der Waals surface area contributed by atoms with E-state index in [1.807, 2.05) is 0 Å². The van der Waals surface area contributed by atoms with Crippen LogP contribution >= 0.6 is 0 Å². The summed E-state index contributed by atoms with van der Waals surface area (Å²) in [7, 11) is 1.66. The smallest absolute Gasteiger partial charge is 0.254 e. The van der Waals surface area contributed by atoms with Crippen LogP contribution in [0.1, 0.15) is 36.3 Å². The van der Waals surface area contributed by atoms with Crippen molar-refractivity contribution in [3.05, 3.63) is 27.4 Å². The van der Waals surface area contributed by atoms with E-state index in [0.29, 0.717) is 13.0 Å². The Balaban J connectivity index is 1.76. The van der Waals surface area contributed by atoms with Crippen molar-refractivity contribution >= 4 is 0 Å². The molecule has 110 valence electrons. The van der Waals surface area contributed by atoms with Gasteiger partial charge in [-0.1, -0.05) is 6.42 Å². The topological polar surface area (TPSA) is 58.2 Å². The first-order valence-corrected chi connectivity index (χ1v) is 7.62. The van der Waals surface area contributed by atoms with E-state index >= 15 is 0 Å². The molecule has 1 fully saturated rings. The Bertz CT molecular complexity index is 522. The maximum atomic E-state index is 12.2. The third-order valence-electron chi connectivity index (χ3n) is 4.57. The summed E-state index contributed by atoms with van der Waals surface area (Å²) in [6, 6.07) is 0.747. The van der Waals surface area contributed by atoms with Crippen molar-refractivity contribution in [2.75, 3.05) is 26.8 Å². The lowest BCUT2D eigenvalue weighted by molar-refractivity contribution is 0.133. The Labute approximate surface area is 119 Å².